The highest BCUT2D eigenvalue weighted by Gasteiger charge is 2.20. The van der Waals surface area contributed by atoms with Gasteiger partial charge in [-0.15, -0.1) is 0 Å². The summed E-state index contributed by atoms with van der Waals surface area (Å²) in [5.74, 6) is -0.288. The summed E-state index contributed by atoms with van der Waals surface area (Å²) < 4.78 is 4.68. The highest BCUT2D eigenvalue weighted by molar-refractivity contribution is 5.89. The summed E-state index contributed by atoms with van der Waals surface area (Å²) in [5.41, 5.74) is 1.98. The van der Waals surface area contributed by atoms with E-state index in [-0.39, 0.29) is 11.5 Å². The number of benzene rings is 1. The largest absolute Gasteiger partial charge is 0.465 e. The van der Waals surface area contributed by atoms with Gasteiger partial charge in [0.15, 0.2) is 0 Å². The van der Waals surface area contributed by atoms with Crippen molar-refractivity contribution in [2.45, 2.75) is 39.3 Å². The lowest BCUT2D eigenvalue weighted by Gasteiger charge is -2.34. The van der Waals surface area contributed by atoms with E-state index in [0.29, 0.717) is 5.56 Å². The molecule has 100 valence electrons. The van der Waals surface area contributed by atoms with Crippen LogP contribution in [0.4, 0.5) is 0 Å². The standard InChI is InChI=1S/C15H23NO2/c1-6-15(2,3)16(4)11-12-7-9-13(10-8-12)14(17)18-5/h7-10H,6,11H2,1-5H3. The average Bonchev–Trinajstić information content (AvgIpc) is 2.38. The van der Waals surface area contributed by atoms with E-state index in [9.17, 15) is 4.79 Å². The first-order valence-electron chi connectivity index (χ1n) is 6.29. The smallest absolute Gasteiger partial charge is 0.337 e. The quantitative estimate of drug-likeness (QED) is 0.751. The first-order valence-corrected chi connectivity index (χ1v) is 6.29. The van der Waals surface area contributed by atoms with Crippen molar-refractivity contribution in [2.75, 3.05) is 14.2 Å². The lowest BCUT2D eigenvalue weighted by atomic mass is 9.99. The van der Waals surface area contributed by atoms with Crippen molar-refractivity contribution in [3.05, 3.63) is 35.4 Å². The van der Waals surface area contributed by atoms with Crippen LogP contribution < -0.4 is 0 Å². The van der Waals surface area contributed by atoms with Gasteiger partial charge in [-0.2, -0.15) is 0 Å². The van der Waals surface area contributed by atoms with Crippen LogP contribution in [0.5, 0.6) is 0 Å². The van der Waals surface area contributed by atoms with E-state index >= 15 is 0 Å². The Kier molecular flexibility index (Phi) is 4.91. The molecular formula is C15H23NO2. The van der Waals surface area contributed by atoms with Crippen LogP contribution in [0.25, 0.3) is 0 Å². The minimum absolute atomic E-state index is 0.182. The van der Waals surface area contributed by atoms with Crippen LogP contribution in [0.1, 0.15) is 43.1 Å². The van der Waals surface area contributed by atoms with E-state index in [4.69, 9.17) is 0 Å². The second-order valence-electron chi connectivity index (χ2n) is 5.21. The molecule has 0 saturated heterocycles. The molecule has 0 saturated carbocycles. The number of carbonyl (C=O) groups excluding carboxylic acids is 1. The lowest BCUT2D eigenvalue weighted by Crippen LogP contribution is -2.39. The second-order valence-corrected chi connectivity index (χ2v) is 5.21. The maximum atomic E-state index is 11.3. The normalized spacial score (nSPS) is 11.7. The SMILES string of the molecule is CCC(C)(C)N(C)Cc1ccc(C(=O)OC)cc1. The number of carbonyl (C=O) groups is 1. The molecule has 1 rings (SSSR count). The van der Waals surface area contributed by atoms with Crippen LogP contribution >= 0.6 is 0 Å². The molecular weight excluding hydrogens is 226 g/mol. The Bertz CT molecular complexity index is 395. The molecule has 0 aliphatic carbocycles. The van der Waals surface area contributed by atoms with Gasteiger partial charge in [-0.3, -0.25) is 4.90 Å². The Morgan fingerprint density at radius 1 is 1.28 bits per heavy atom. The molecule has 18 heavy (non-hydrogen) atoms. The number of hydrogen-bond acceptors (Lipinski definition) is 3. The number of esters is 1. The molecule has 0 aliphatic rings. The molecule has 0 atom stereocenters. The lowest BCUT2D eigenvalue weighted by molar-refractivity contribution is 0.0600. The van der Waals surface area contributed by atoms with Gasteiger partial charge in [0.25, 0.3) is 0 Å². The topological polar surface area (TPSA) is 29.5 Å². The number of rotatable bonds is 5. The van der Waals surface area contributed by atoms with Gasteiger partial charge in [0.05, 0.1) is 12.7 Å². The average molecular weight is 249 g/mol. The van der Waals surface area contributed by atoms with E-state index in [1.165, 1.54) is 12.7 Å². The van der Waals surface area contributed by atoms with E-state index in [1.54, 1.807) is 0 Å². The van der Waals surface area contributed by atoms with Crippen LogP contribution in [-0.4, -0.2) is 30.6 Å². The number of methoxy groups -OCH3 is 1. The first kappa shape index (κ1) is 14.7. The van der Waals surface area contributed by atoms with Crippen molar-refractivity contribution >= 4 is 5.97 Å². The molecule has 1 aromatic carbocycles. The number of nitrogens with zero attached hydrogens (tertiary/aromatic N) is 1. The van der Waals surface area contributed by atoms with Crippen molar-refractivity contribution in [1.82, 2.24) is 4.90 Å². The molecule has 0 aromatic heterocycles. The Balaban J connectivity index is 2.72. The van der Waals surface area contributed by atoms with Crippen molar-refractivity contribution in [1.29, 1.82) is 0 Å². The third-order valence-corrected chi connectivity index (χ3v) is 3.69. The van der Waals surface area contributed by atoms with E-state index in [0.717, 1.165) is 13.0 Å². The van der Waals surface area contributed by atoms with Crippen molar-refractivity contribution in [3.63, 3.8) is 0 Å². The zero-order valence-corrected chi connectivity index (χ0v) is 12.0. The summed E-state index contributed by atoms with van der Waals surface area (Å²) in [7, 11) is 3.52. The zero-order chi connectivity index (χ0) is 13.8. The van der Waals surface area contributed by atoms with Crippen LogP contribution in [0, 0.1) is 0 Å². The Morgan fingerprint density at radius 2 is 1.83 bits per heavy atom. The molecule has 0 spiro atoms. The summed E-state index contributed by atoms with van der Waals surface area (Å²) >= 11 is 0. The van der Waals surface area contributed by atoms with Gasteiger partial charge in [0, 0.05) is 12.1 Å². The first-order chi connectivity index (χ1) is 8.40. The fourth-order valence-electron chi connectivity index (χ4n) is 1.62. The molecule has 0 radical (unpaired) electrons. The predicted molar refractivity (Wildman–Crippen MR) is 73.6 cm³/mol. The predicted octanol–water partition coefficient (Wildman–Crippen LogP) is 3.09. The minimum atomic E-state index is -0.288. The molecule has 0 aliphatic heterocycles. The fourth-order valence-corrected chi connectivity index (χ4v) is 1.62. The van der Waals surface area contributed by atoms with Gasteiger partial charge < -0.3 is 4.74 Å². The maximum absolute atomic E-state index is 11.3. The van der Waals surface area contributed by atoms with Gasteiger partial charge in [-0.05, 0) is 45.0 Å². The Morgan fingerprint density at radius 3 is 2.28 bits per heavy atom. The van der Waals surface area contributed by atoms with Crippen LogP contribution in [0.3, 0.4) is 0 Å². The Hall–Kier alpha value is -1.35. The summed E-state index contributed by atoms with van der Waals surface area (Å²) in [6, 6.07) is 7.59. The van der Waals surface area contributed by atoms with Crippen molar-refractivity contribution < 1.29 is 9.53 Å². The molecule has 0 N–H and O–H groups in total. The van der Waals surface area contributed by atoms with E-state index in [1.807, 2.05) is 24.3 Å². The molecule has 0 unspecified atom stereocenters. The fraction of sp³-hybridized carbons (Fsp3) is 0.533. The summed E-state index contributed by atoms with van der Waals surface area (Å²) in [5, 5.41) is 0. The minimum Gasteiger partial charge on any atom is -0.465 e. The zero-order valence-electron chi connectivity index (χ0n) is 12.0. The monoisotopic (exact) mass is 249 g/mol. The van der Waals surface area contributed by atoms with Gasteiger partial charge in [-0.1, -0.05) is 19.1 Å². The third-order valence-electron chi connectivity index (χ3n) is 3.69. The molecule has 0 heterocycles. The highest BCUT2D eigenvalue weighted by Crippen LogP contribution is 2.19. The third kappa shape index (κ3) is 3.57. The number of hydrogen-bond donors (Lipinski definition) is 0. The van der Waals surface area contributed by atoms with Gasteiger partial charge in [0.2, 0.25) is 0 Å². The van der Waals surface area contributed by atoms with Crippen molar-refractivity contribution in [3.8, 4) is 0 Å². The molecule has 3 heteroatoms. The maximum Gasteiger partial charge on any atom is 0.337 e. The van der Waals surface area contributed by atoms with Crippen LogP contribution in [0.15, 0.2) is 24.3 Å². The van der Waals surface area contributed by atoms with Crippen LogP contribution in [0.2, 0.25) is 0 Å². The van der Waals surface area contributed by atoms with Gasteiger partial charge in [-0.25, -0.2) is 4.79 Å². The summed E-state index contributed by atoms with van der Waals surface area (Å²) in [6.07, 6.45) is 1.10. The summed E-state index contributed by atoms with van der Waals surface area (Å²) in [6.45, 7) is 7.53. The summed E-state index contributed by atoms with van der Waals surface area (Å²) in [4.78, 5) is 13.6. The highest BCUT2D eigenvalue weighted by atomic mass is 16.5. The second kappa shape index (κ2) is 6.01. The molecule has 3 nitrogen and oxygen atoms in total. The van der Waals surface area contributed by atoms with Crippen LogP contribution in [-0.2, 0) is 11.3 Å². The van der Waals surface area contributed by atoms with E-state index in [2.05, 4.69) is 37.5 Å². The molecule has 0 fully saturated rings. The van der Waals surface area contributed by atoms with E-state index < -0.39 is 0 Å². The van der Waals surface area contributed by atoms with Crippen molar-refractivity contribution in [2.24, 2.45) is 0 Å². The Labute approximate surface area is 110 Å². The van der Waals surface area contributed by atoms with Gasteiger partial charge >= 0.3 is 5.97 Å². The number of ether oxygens (including phenoxy) is 1. The van der Waals surface area contributed by atoms with Gasteiger partial charge in [0.1, 0.15) is 0 Å². The molecule has 1 aromatic rings. The molecule has 0 amide bonds. The molecule has 0 bridgehead atoms.